The van der Waals surface area contributed by atoms with Crippen LogP contribution in [0.2, 0.25) is 0 Å². The average Bonchev–Trinajstić information content (AvgIpc) is 1.56. The number of pyridine rings is 12. The van der Waals surface area contributed by atoms with Crippen molar-refractivity contribution in [2.45, 2.75) is 51.4 Å². The van der Waals surface area contributed by atoms with Crippen molar-refractivity contribution in [3.8, 4) is 89.0 Å². The van der Waals surface area contributed by atoms with Crippen LogP contribution in [0.4, 0.5) is 0 Å². The number of aromatic nitrogens is 16. The van der Waals surface area contributed by atoms with Crippen LogP contribution < -0.4 is 0 Å². The molecular formula is C124H72N16. The van der Waals surface area contributed by atoms with Crippen molar-refractivity contribution < 1.29 is 0 Å². The van der Waals surface area contributed by atoms with Gasteiger partial charge in [-0.05, 0) is 362 Å². The maximum atomic E-state index is 5.14. The molecule has 0 atom stereocenters. The predicted molar refractivity (Wildman–Crippen MR) is 559 cm³/mol. The molecule has 140 heavy (non-hydrogen) atoms. The second-order valence-electron chi connectivity index (χ2n) is 39.0. The third-order valence-corrected chi connectivity index (χ3v) is 31.7. The summed E-state index contributed by atoms with van der Waals surface area (Å²) in [6, 6.07) is 94.0. The van der Waals surface area contributed by atoms with Gasteiger partial charge in [0.2, 0.25) is 0 Å². The Morgan fingerprint density at radius 3 is 0.836 bits per heavy atom. The molecule has 0 radical (unpaired) electrons. The van der Waals surface area contributed by atoms with Crippen LogP contribution in [0.1, 0.15) is 89.0 Å². The molecule has 28 aromatic rings. The number of benzene rings is 12. The van der Waals surface area contributed by atoms with E-state index in [4.69, 9.17) is 24.9 Å². The summed E-state index contributed by atoms with van der Waals surface area (Å²) in [5.41, 5.74) is 63.3. The monoisotopic (exact) mass is 1780 g/mol. The molecule has 12 aromatic carbocycles. The highest BCUT2D eigenvalue weighted by atomic mass is 15.1. The van der Waals surface area contributed by atoms with Crippen LogP contribution in [0.5, 0.6) is 0 Å². The quantitative estimate of drug-likeness (QED) is 0.132. The lowest BCUT2D eigenvalue weighted by Crippen LogP contribution is -1.93. The lowest BCUT2D eigenvalue weighted by Gasteiger charge is -2.09. The van der Waals surface area contributed by atoms with Gasteiger partial charge in [0.1, 0.15) is 22.5 Å². The Morgan fingerprint density at radius 2 is 0.429 bits per heavy atom. The van der Waals surface area contributed by atoms with Gasteiger partial charge in [0.05, 0.1) is 71.7 Å². The van der Waals surface area contributed by atoms with Crippen molar-refractivity contribution in [1.82, 2.24) is 77.4 Å². The van der Waals surface area contributed by atoms with Crippen molar-refractivity contribution in [2.75, 3.05) is 0 Å². The minimum absolute atomic E-state index is 0.904. The van der Waals surface area contributed by atoms with Crippen LogP contribution in [0.3, 0.4) is 0 Å². The molecule has 0 saturated heterocycles. The zero-order chi connectivity index (χ0) is 90.7. The van der Waals surface area contributed by atoms with E-state index in [1.807, 2.05) is 98.9 Å². The average molecular weight is 1790 g/mol. The third kappa shape index (κ3) is 10.5. The van der Waals surface area contributed by atoms with Crippen molar-refractivity contribution >= 4 is 154 Å². The summed E-state index contributed by atoms with van der Waals surface area (Å²) < 4.78 is 9.15. The third-order valence-electron chi connectivity index (χ3n) is 31.7. The lowest BCUT2D eigenvalue weighted by atomic mass is 9.98. The van der Waals surface area contributed by atoms with Gasteiger partial charge >= 0.3 is 0 Å². The Labute approximate surface area is 796 Å². The van der Waals surface area contributed by atoms with Gasteiger partial charge in [0, 0.05) is 135 Å². The first kappa shape index (κ1) is 75.1. The van der Waals surface area contributed by atoms with Crippen molar-refractivity contribution in [1.29, 1.82) is 0 Å². The number of rotatable bonds is 0. The Hall–Kier alpha value is -18.3. The molecule has 16 heterocycles. The smallest absolute Gasteiger partial charge is 0.165 e. The molecule has 0 unspecified atom stereocenters. The van der Waals surface area contributed by atoms with Gasteiger partial charge in [-0.3, -0.25) is 57.5 Å². The van der Waals surface area contributed by atoms with E-state index in [0.29, 0.717) is 0 Å². The minimum Gasteiger partial charge on any atom is -0.292 e. The zero-order valence-electron chi connectivity index (χ0n) is 75.1. The Bertz CT molecular complexity index is 9460. The Balaban J connectivity index is 0.0000000829. The molecule has 8 aliphatic rings. The second-order valence-corrected chi connectivity index (χ2v) is 39.0. The van der Waals surface area contributed by atoms with E-state index < -0.39 is 0 Å². The van der Waals surface area contributed by atoms with Gasteiger partial charge in [-0.2, -0.15) is 0 Å². The molecule has 8 aliphatic carbocycles. The fraction of sp³-hybridized carbons (Fsp3) is 0.0645. The molecule has 0 bridgehead atoms. The van der Waals surface area contributed by atoms with Gasteiger partial charge < -0.3 is 0 Å². The molecule has 648 valence electrons. The van der Waals surface area contributed by atoms with Crippen LogP contribution in [0.25, 0.3) is 243 Å². The van der Waals surface area contributed by atoms with E-state index in [-0.39, 0.29) is 0 Å². The molecule has 0 amide bonds. The summed E-state index contributed by atoms with van der Waals surface area (Å²) in [4.78, 5) is 56.3. The predicted octanol–water partition coefficient (Wildman–Crippen LogP) is 26.9. The second kappa shape index (κ2) is 27.7. The van der Waals surface area contributed by atoms with Crippen molar-refractivity contribution in [2.24, 2.45) is 0 Å². The fourth-order valence-electron chi connectivity index (χ4n) is 25.6. The normalized spacial score (nSPS) is 13.5. The van der Waals surface area contributed by atoms with Crippen LogP contribution >= 0.6 is 0 Å². The SMILES string of the molecule is c1ccc2c(c1)Cc1cc3c(cc1-2)-c1cc2c(cc1C3)nc1c3cccnc3c3cnccc3n21.c1ccc2c(c1)Cc1cc3c(cc1-2)-c1cc2c(cc1C3)nc1c3ccncc3c3cnccc3n21.c1ccc2c(c1)Cc1cc3c(cc1-2)-c1cc2c(cc1C3)nc1c3cnccc3c3cnccc3n21.c1ccc2c(c1)Cc1cc3c(cc1-2)-c1cc2c(cc1C3)nc1c3ncccc3c3cnccc3n21. The van der Waals surface area contributed by atoms with E-state index >= 15 is 0 Å². The molecule has 16 nitrogen and oxygen atoms in total. The van der Waals surface area contributed by atoms with Crippen molar-refractivity contribution in [3.05, 3.63) is 431 Å². The highest BCUT2D eigenvalue weighted by molar-refractivity contribution is 6.18. The molecule has 16 aromatic heterocycles. The number of hydrogen-bond donors (Lipinski definition) is 0. The number of fused-ring (bicyclic) bond motifs is 56. The minimum atomic E-state index is 0.904. The molecular weight excluding hydrogens is 1710 g/mol. The van der Waals surface area contributed by atoms with Gasteiger partial charge in [0.25, 0.3) is 0 Å². The van der Waals surface area contributed by atoms with Gasteiger partial charge in [-0.1, -0.05) is 127 Å². The largest absolute Gasteiger partial charge is 0.292 e. The summed E-state index contributed by atoms with van der Waals surface area (Å²) in [7, 11) is 0. The van der Waals surface area contributed by atoms with Gasteiger partial charge in [0.15, 0.2) is 5.65 Å². The summed E-state index contributed by atoms with van der Waals surface area (Å²) in [6.45, 7) is 0. The summed E-state index contributed by atoms with van der Waals surface area (Å²) in [5, 5.41) is 10.9. The lowest BCUT2D eigenvalue weighted by molar-refractivity contribution is 1.21. The molecule has 0 saturated carbocycles. The van der Waals surface area contributed by atoms with Crippen LogP contribution in [0, 0.1) is 0 Å². The van der Waals surface area contributed by atoms with Gasteiger partial charge in [-0.25, -0.2) is 19.9 Å². The van der Waals surface area contributed by atoms with E-state index in [1.54, 1.807) is 0 Å². The first-order valence-corrected chi connectivity index (χ1v) is 48.1. The van der Waals surface area contributed by atoms with Gasteiger partial charge in [-0.15, -0.1) is 0 Å². The van der Waals surface area contributed by atoms with Crippen molar-refractivity contribution in [3.63, 3.8) is 0 Å². The highest BCUT2D eigenvalue weighted by Gasteiger charge is 2.34. The first-order valence-electron chi connectivity index (χ1n) is 48.1. The van der Waals surface area contributed by atoms with Crippen LogP contribution in [-0.2, 0) is 51.4 Å². The van der Waals surface area contributed by atoms with E-state index in [2.05, 4.69) is 295 Å². The summed E-state index contributed by atoms with van der Waals surface area (Å²) in [6.07, 6.45) is 34.4. The maximum absolute atomic E-state index is 5.14. The van der Waals surface area contributed by atoms with Crippen LogP contribution in [-0.4, -0.2) is 77.4 Å². The standard InChI is InChI=1S/4C31H18N4/c1-2-5-21-17(4-1)10-18-11-19-12-20-13-27-29(15-25(20)24(19)14-23(18)21)35-28-7-9-32-16-26(28)30-22(31(35)34-27)6-3-8-33-30;1-2-5-21-17(4-1)10-18-11-19-12-20-13-27-29(15-25(20)24(19)14-23(18)21)35-28-7-9-32-16-26(28)22-6-3-8-33-30(22)31(35)34-27;1-2-4-21-17(3-1)9-18-10-19-11-20-12-28-30(14-25(20)24(19)13-23(18)21)35-29-6-8-33-16-27(29)26-15-32-7-5-22(26)31(35)34-28;1-2-4-21-17(3-1)9-18-10-19-11-20-12-28-30(14-25(20)24(19)13-23(18)21)35-29-6-8-33-15-26(29)22-5-7-32-16-27(22)31(35)34-28/h2*1-9,11,13-16H,10,12H2;2*1-8,10,12-16H,9,11H2. The fourth-order valence-corrected chi connectivity index (χ4v) is 25.6. The first-order chi connectivity index (χ1) is 69.3. The molecule has 0 fully saturated rings. The molecule has 0 N–H and O–H groups in total. The zero-order valence-corrected chi connectivity index (χ0v) is 75.1. The maximum Gasteiger partial charge on any atom is 0.165 e. The molecule has 0 spiro atoms. The molecule has 0 aliphatic heterocycles. The Morgan fingerprint density at radius 1 is 0.157 bits per heavy atom. The van der Waals surface area contributed by atoms with E-state index in [0.717, 1.165) is 205 Å². The number of nitrogens with zero attached hydrogens (tertiary/aromatic N) is 16. The molecule has 36 rings (SSSR count). The molecule has 16 heteroatoms. The van der Waals surface area contributed by atoms with Crippen LogP contribution in [0.15, 0.2) is 342 Å². The van der Waals surface area contributed by atoms with E-state index in [1.165, 1.54) is 178 Å². The number of imidazole rings is 4. The number of hydrogen-bond acceptors (Lipinski definition) is 12. The summed E-state index contributed by atoms with van der Waals surface area (Å²) >= 11 is 0. The van der Waals surface area contributed by atoms with E-state index in [9.17, 15) is 0 Å². The topological polar surface area (TPSA) is 172 Å². The highest BCUT2D eigenvalue weighted by Crippen LogP contribution is 2.53. The Kier molecular flexibility index (Phi) is 14.9. The summed E-state index contributed by atoms with van der Waals surface area (Å²) in [5.74, 6) is 0.